The second-order valence-corrected chi connectivity index (χ2v) is 6.96. The van der Waals surface area contributed by atoms with Crippen LogP contribution in [-0.4, -0.2) is 18.4 Å². The Hall–Kier alpha value is -2.92. The predicted octanol–water partition coefficient (Wildman–Crippen LogP) is 4.34. The standard InChI is InChI=1S/C22H19BrN2O2/c23-18-11-13-19(14-12-18)25-22(27)21(26)24-15-20(16-7-3-1-4-8-16)17-9-5-2-6-10-17/h1-14,20H,15H2,(H,24,26)(H,25,27). The van der Waals surface area contributed by atoms with Crippen LogP contribution < -0.4 is 10.6 Å². The average Bonchev–Trinajstić information content (AvgIpc) is 2.71. The van der Waals surface area contributed by atoms with Crippen LogP contribution >= 0.6 is 15.9 Å². The van der Waals surface area contributed by atoms with E-state index >= 15 is 0 Å². The quantitative estimate of drug-likeness (QED) is 0.600. The van der Waals surface area contributed by atoms with Gasteiger partial charge in [-0.2, -0.15) is 0 Å². The molecule has 0 bridgehead atoms. The summed E-state index contributed by atoms with van der Waals surface area (Å²) in [5, 5.41) is 5.35. The van der Waals surface area contributed by atoms with Crippen LogP contribution in [0.3, 0.4) is 0 Å². The van der Waals surface area contributed by atoms with Crippen molar-refractivity contribution >= 4 is 33.4 Å². The molecule has 2 N–H and O–H groups in total. The fraction of sp³-hybridized carbons (Fsp3) is 0.0909. The first kappa shape index (κ1) is 18.9. The van der Waals surface area contributed by atoms with E-state index in [2.05, 4.69) is 26.6 Å². The monoisotopic (exact) mass is 422 g/mol. The van der Waals surface area contributed by atoms with E-state index in [0.717, 1.165) is 15.6 Å². The number of carbonyl (C=O) groups is 2. The summed E-state index contributed by atoms with van der Waals surface area (Å²) in [5.41, 5.74) is 2.73. The maximum atomic E-state index is 12.2. The fourth-order valence-electron chi connectivity index (χ4n) is 2.79. The molecule has 3 aromatic carbocycles. The van der Waals surface area contributed by atoms with E-state index in [0.29, 0.717) is 12.2 Å². The third kappa shape index (κ3) is 5.28. The van der Waals surface area contributed by atoms with E-state index in [-0.39, 0.29) is 5.92 Å². The lowest BCUT2D eigenvalue weighted by Crippen LogP contribution is -2.37. The Kier molecular flexibility index (Phi) is 6.39. The lowest BCUT2D eigenvalue weighted by molar-refractivity contribution is -0.136. The molecule has 0 aromatic heterocycles. The van der Waals surface area contributed by atoms with Gasteiger partial charge in [0, 0.05) is 22.6 Å². The lowest BCUT2D eigenvalue weighted by atomic mass is 9.91. The van der Waals surface area contributed by atoms with Crippen molar-refractivity contribution in [3.8, 4) is 0 Å². The highest BCUT2D eigenvalue weighted by molar-refractivity contribution is 9.10. The molecule has 0 aliphatic carbocycles. The maximum absolute atomic E-state index is 12.2. The number of halogens is 1. The number of benzene rings is 3. The summed E-state index contributed by atoms with van der Waals surface area (Å²) in [5.74, 6) is -1.37. The van der Waals surface area contributed by atoms with Crippen LogP contribution in [-0.2, 0) is 9.59 Å². The highest BCUT2D eigenvalue weighted by Gasteiger charge is 2.18. The van der Waals surface area contributed by atoms with E-state index in [1.165, 1.54) is 0 Å². The number of rotatable bonds is 5. The molecule has 0 aliphatic rings. The average molecular weight is 423 g/mol. The Morgan fingerprint density at radius 1 is 0.741 bits per heavy atom. The highest BCUT2D eigenvalue weighted by atomic mass is 79.9. The number of carbonyl (C=O) groups excluding carboxylic acids is 2. The number of nitrogens with one attached hydrogen (secondary N) is 2. The SMILES string of the molecule is O=C(NCC(c1ccccc1)c1ccccc1)C(=O)Nc1ccc(Br)cc1. The molecule has 2 amide bonds. The van der Waals surface area contributed by atoms with E-state index in [9.17, 15) is 9.59 Å². The molecule has 0 fully saturated rings. The number of hydrogen-bond acceptors (Lipinski definition) is 2. The predicted molar refractivity (Wildman–Crippen MR) is 111 cm³/mol. The van der Waals surface area contributed by atoms with Gasteiger partial charge in [-0.05, 0) is 35.4 Å². The molecular weight excluding hydrogens is 404 g/mol. The van der Waals surface area contributed by atoms with Gasteiger partial charge in [0.25, 0.3) is 0 Å². The third-order valence-corrected chi connectivity index (χ3v) is 4.71. The maximum Gasteiger partial charge on any atom is 0.313 e. The van der Waals surface area contributed by atoms with Crippen molar-refractivity contribution in [3.63, 3.8) is 0 Å². The van der Waals surface area contributed by atoms with Gasteiger partial charge in [-0.1, -0.05) is 76.6 Å². The molecule has 0 atom stereocenters. The van der Waals surface area contributed by atoms with E-state index in [1.54, 1.807) is 24.3 Å². The van der Waals surface area contributed by atoms with Crippen LogP contribution in [0.4, 0.5) is 5.69 Å². The van der Waals surface area contributed by atoms with E-state index < -0.39 is 11.8 Å². The molecule has 0 spiro atoms. The van der Waals surface area contributed by atoms with Gasteiger partial charge in [0.2, 0.25) is 0 Å². The van der Waals surface area contributed by atoms with Gasteiger partial charge in [-0.15, -0.1) is 0 Å². The number of anilines is 1. The van der Waals surface area contributed by atoms with Gasteiger partial charge in [0.05, 0.1) is 0 Å². The summed E-state index contributed by atoms with van der Waals surface area (Å²) in [7, 11) is 0. The molecule has 5 heteroatoms. The topological polar surface area (TPSA) is 58.2 Å². The molecule has 4 nitrogen and oxygen atoms in total. The Bertz CT molecular complexity index is 857. The molecule has 0 saturated heterocycles. The zero-order valence-electron chi connectivity index (χ0n) is 14.6. The van der Waals surface area contributed by atoms with Gasteiger partial charge in [-0.25, -0.2) is 0 Å². The second kappa shape index (κ2) is 9.14. The Balaban J connectivity index is 1.67. The summed E-state index contributed by atoms with van der Waals surface area (Å²) >= 11 is 3.33. The first-order valence-corrected chi connectivity index (χ1v) is 9.37. The minimum absolute atomic E-state index is 0.0307. The van der Waals surface area contributed by atoms with Crippen LogP contribution in [0.1, 0.15) is 17.0 Å². The fourth-order valence-corrected chi connectivity index (χ4v) is 3.06. The van der Waals surface area contributed by atoms with Crippen molar-refractivity contribution in [2.45, 2.75) is 5.92 Å². The summed E-state index contributed by atoms with van der Waals surface area (Å²) in [6.07, 6.45) is 0. The molecule has 0 radical (unpaired) electrons. The van der Waals surface area contributed by atoms with Crippen molar-refractivity contribution in [1.29, 1.82) is 0 Å². The number of amides is 2. The first-order chi connectivity index (χ1) is 13.1. The van der Waals surface area contributed by atoms with Gasteiger partial charge in [-0.3, -0.25) is 9.59 Å². The summed E-state index contributed by atoms with van der Waals surface area (Å²) < 4.78 is 0.901. The Morgan fingerprint density at radius 2 is 1.26 bits per heavy atom. The minimum Gasteiger partial charge on any atom is -0.347 e. The molecular formula is C22H19BrN2O2. The molecule has 0 unspecified atom stereocenters. The van der Waals surface area contributed by atoms with Crippen molar-refractivity contribution in [3.05, 3.63) is 101 Å². The molecule has 0 saturated carbocycles. The van der Waals surface area contributed by atoms with Gasteiger partial charge in [0.1, 0.15) is 0 Å². The van der Waals surface area contributed by atoms with Crippen LogP contribution in [0.5, 0.6) is 0 Å². The van der Waals surface area contributed by atoms with Crippen molar-refractivity contribution in [2.24, 2.45) is 0 Å². The summed E-state index contributed by atoms with van der Waals surface area (Å²) in [6, 6.07) is 26.9. The summed E-state index contributed by atoms with van der Waals surface area (Å²) in [6.45, 7) is 0.334. The zero-order chi connectivity index (χ0) is 19.1. The van der Waals surface area contributed by atoms with Crippen molar-refractivity contribution in [2.75, 3.05) is 11.9 Å². The lowest BCUT2D eigenvalue weighted by Gasteiger charge is -2.18. The molecule has 27 heavy (non-hydrogen) atoms. The zero-order valence-corrected chi connectivity index (χ0v) is 16.1. The largest absolute Gasteiger partial charge is 0.347 e. The Labute approximate surface area is 166 Å². The molecule has 136 valence electrons. The molecule has 0 heterocycles. The van der Waals surface area contributed by atoms with Gasteiger partial charge >= 0.3 is 11.8 Å². The van der Waals surface area contributed by atoms with Crippen molar-refractivity contribution < 1.29 is 9.59 Å². The smallest absolute Gasteiger partial charge is 0.313 e. The molecule has 3 rings (SSSR count). The van der Waals surface area contributed by atoms with E-state index in [4.69, 9.17) is 0 Å². The van der Waals surface area contributed by atoms with Crippen LogP contribution in [0.25, 0.3) is 0 Å². The van der Waals surface area contributed by atoms with Crippen LogP contribution in [0.2, 0.25) is 0 Å². The third-order valence-electron chi connectivity index (χ3n) is 4.18. The van der Waals surface area contributed by atoms with Crippen LogP contribution in [0, 0.1) is 0 Å². The van der Waals surface area contributed by atoms with E-state index in [1.807, 2.05) is 60.7 Å². The first-order valence-electron chi connectivity index (χ1n) is 8.58. The summed E-state index contributed by atoms with van der Waals surface area (Å²) in [4.78, 5) is 24.4. The molecule has 0 aliphatic heterocycles. The van der Waals surface area contributed by atoms with Gasteiger partial charge in [0.15, 0.2) is 0 Å². The van der Waals surface area contributed by atoms with Gasteiger partial charge < -0.3 is 10.6 Å². The Morgan fingerprint density at radius 3 is 1.78 bits per heavy atom. The number of hydrogen-bond donors (Lipinski definition) is 2. The molecule has 3 aromatic rings. The van der Waals surface area contributed by atoms with Crippen molar-refractivity contribution in [1.82, 2.24) is 5.32 Å². The highest BCUT2D eigenvalue weighted by Crippen LogP contribution is 2.23. The normalized spacial score (nSPS) is 10.4. The second-order valence-electron chi connectivity index (χ2n) is 6.04. The minimum atomic E-state index is -0.683. The van der Waals surface area contributed by atoms with Crippen LogP contribution in [0.15, 0.2) is 89.4 Å².